The van der Waals surface area contributed by atoms with Gasteiger partial charge in [0.25, 0.3) is 0 Å². The van der Waals surface area contributed by atoms with Gasteiger partial charge in [0.15, 0.2) is 0 Å². The molecule has 0 saturated carbocycles. The maximum absolute atomic E-state index is 4.17. The molecule has 0 aliphatic carbocycles. The third kappa shape index (κ3) is 0.799. The molecule has 2 aliphatic heterocycles. The molecule has 2 unspecified atom stereocenters. The van der Waals surface area contributed by atoms with Crippen LogP contribution in [0.5, 0.6) is 0 Å². The van der Waals surface area contributed by atoms with Crippen LogP contribution in [0.15, 0.2) is 12.3 Å². The minimum Gasteiger partial charge on any atom is -0.307 e. The van der Waals surface area contributed by atoms with E-state index < -0.39 is 0 Å². The van der Waals surface area contributed by atoms with E-state index in [4.69, 9.17) is 0 Å². The molecule has 0 aromatic carbocycles. The number of fused-ring (bicyclic) bond motifs is 4. The van der Waals surface area contributed by atoms with Crippen molar-refractivity contribution < 1.29 is 0 Å². The summed E-state index contributed by atoms with van der Waals surface area (Å²) in [6, 6.07) is 3.33. The normalized spacial score (nSPS) is 31.7. The summed E-state index contributed by atoms with van der Waals surface area (Å²) in [5.41, 5.74) is 2.59. The molecule has 1 fully saturated rings. The van der Waals surface area contributed by atoms with Crippen LogP contribution in [0.2, 0.25) is 0 Å². The highest BCUT2D eigenvalue weighted by atomic mass is 15.1. The van der Waals surface area contributed by atoms with Crippen molar-refractivity contribution in [1.82, 2.24) is 15.5 Å². The van der Waals surface area contributed by atoms with E-state index in [1.807, 2.05) is 0 Å². The highest BCUT2D eigenvalue weighted by Crippen LogP contribution is 2.33. The van der Waals surface area contributed by atoms with Crippen LogP contribution in [0.4, 0.5) is 0 Å². The van der Waals surface area contributed by atoms with Gasteiger partial charge in [-0.2, -0.15) is 10.2 Å². The van der Waals surface area contributed by atoms with E-state index in [-0.39, 0.29) is 0 Å². The topological polar surface area (TPSA) is 37.8 Å². The Hall–Kier alpha value is -0.960. The summed E-state index contributed by atoms with van der Waals surface area (Å²) in [7, 11) is 0. The molecule has 0 spiro atoms. The maximum atomic E-state index is 4.17. The zero-order valence-corrected chi connectivity index (χ0v) is 6.83. The summed E-state index contributed by atoms with van der Waals surface area (Å²) in [4.78, 5) is 0. The molecule has 0 radical (unpaired) electrons. The van der Waals surface area contributed by atoms with Crippen LogP contribution in [0.25, 0.3) is 0 Å². The third-order valence-corrected chi connectivity index (χ3v) is 2.89. The van der Waals surface area contributed by atoms with Crippen molar-refractivity contribution in [1.29, 1.82) is 0 Å². The number of hydrogen-bond donors (Lipinski definition) is 1. The quantitative estimate of drug-likeness (QED) is 0.612. The molecular formula is C9H11N3. The second-order valence-electron chi connectivity index (χ2n) is 3.63. The van der Waals surface area contributed by atoms with Crippen molar-refractivity contribution >= 4 is 0 Å². The van der Waals surface area contributed by atoms with Gasteiger partial charge >= 0.3 is 0 Å². The van der Waals surface area contributed by atoms with Gasteiger partial charge in [-0.1, -0.05) is 0 Å². The first-order valence-electron chi connectivity index (χ1n) is 4.50. The predicted octanol–water partition coefficient (Wildman–Crippen LogP) is 0.826. The lowest BCUT2D eigenvalue weighted by molar-refractivity contribution is 0.501. The van der Waals surface area contributed by atoms with E-state index in [0.717, 1.165) is 6.42 Å². The smallest absolute Gasteiger partial charge is 0.0694 e. The summed E-state index contributed by atoms with van der Waals surface area (Å²) < 4.78 is 0. The first kappa shape index (κ1) is 6.54. The summed E-state index contributed by atoms with van der Waals surface area (Å²) in [6.45, 7) is 0. The average Bonchev–Trinajstić information content (AvgIpc) is 2.49. The zero-order valence-electron chi connectivity index (χ0n) is 6.83. The van der Waals surface area contributed by atoms with Gasteiger partial charge in [0, 0.05) is 24.7 Å². The predicted molar refractivity (Wildman–Crippen MR) is 44.6 cm³/mol. The third-order valence-electron chi connectivity index (χ3n) is 2.89. The molecule has 62 valence electrons. The Morgan fingerprint density at radius 1 is 1.42 bits per heavy atom. The van der Waals surface area contributed by atoms with E-state index in [0.29, 0.717) is 12.1 Å². The molecule has 2 atom stereocenters. The van der Waals surface area contributed by atoms with E-state index in [2.05, 4.69) is 21.6 Å². The number of rotatable bonds is 0. The molecule has 3 heteroatoms. The monoisotopic (exact) mass is 161 g/mol. The van der Waals surface area contributed by atoms with Gasteiger partial charge in [-0.25, -0.2) is 0 Å². The second-order valence-corrected chi connectivity index (χ2v) is 3.63. The molecule has 2 bridgehead atoms. The molecule has 12 heavy (non-hydrogen) atoms. The summed E-state index contributed by atoms with van der Waals surface area (Å²) in [5.74, 6) is 0. The fraction of sp³-hybridized carbons (Fsp3) is 0.556. The van der Waals surface area contributed by atoms with Gasteiger partial charge in [0.05, 0.1) is 5.69 Å². The Balaban J connectivity index is 2.13. The molecule has 3 heterocycles. The van der Waals surface area contributed by atoms with Crippen LogP contribution in [-0.4, -0.2) is 16.2 Å². The van der Waals surface area contributed by atoms with Crippen molar-refractivity contribution in [3.05, 3.63) is 23.5 Å². The molecule has 3 rings (SSSR count). The lowest BCUT2D eigenvalue weighted by Crippen LogP contribution is -2.32. The fourth-order valence-electron chi connectivity index (χ4n) is 2.31. The average molecular weight is 161 g/mol. The SMILES string of the molecule is c1cc2c(nn1)CC1CCC2N1. The van der Waals surface area contributed by atoms with E-state index in [1.165, 1.54) is 24.1 Å². The molecule has 1 saturated heterocycles. The molecule has 3 nitrogen and oxygen atoms in total. The first-order chi connectivity index (χ1) is 5.93. The van der Waals surface area contributed by atoms with Gasteiger partial charge in [-0.05, 0) is 24.5 Å². The Morgan fingerprint density at radius 3 is 3.42 bits per heavy atom. The standard InChI is InChI=1S/C9H11N3/c1-2-8-7-3-4-10-12-9(7)5-6(1)11-8/h3-4,6,8,11H,1-2,5H2. The molecule has 1 N–H and O–H groups in total. The van der Waals surface area contributed by atoms with Gasteiger partial charge in [-0.3, -0.25) is 0 Å². The lowest BCUT2D eigenvalue weighted by Gasteiger charge is -2.22. The number of nitrogens with one attached hydrogen (secondary N) is 1. The minimum absolute atomic E-state index is 0.564. The van der Waals surface area contributed by atoms with Gasteiger partial charge < -0.3 is 5.32 Å². The summed E-state index contributed by atoms with van der Waals surface area (Å²) in [5, 5.41) is 11.7. The molecule has 0 amide bonds. The van der Waals surface area contributed by atoms with E-state index in [9.17, 15) is 0 Å². The van der Waals surface area contributed by atoms with Gasteiger partial charge in [-0.15, -0.1) is 0 Å². The minimum atomic E-state index is 0.564. The van der Waals surface area contributed by atoms with E-state index >= 15 is 0 Å². The Morgan fingerprint density at radius 2 is 2.42 bits per heavy atom. The Kier molecular flexibility index (Phi) is 1.23. The molecule has 1 aromatic rings. The Bertz CT molecular complexity index is 310. The van der Waals surface area contributed by atoms with Crippen LogP contribution in [0, 0.1) is 0 Å². The Labute approximate surface area is 71.2 Å². The van der Waals surface area contributed by atoms with Crippen molar-refractivity contribution in [2.24, 2.45) is 0 Å². The van der Waals surface area contributed by atoms with Crippen LogP contribution < -0.4 is 5.32 Å². The first-order valence-corrected chi connectivity index (χ1v) is 4.50. The molecule has 2 aliphatic rings. The number of aromatic nitrogens is 2. The van der Waals surface area contributed by atoms with Crippen molar-refractivity contribution in [3.63, 3.8) is 0 Å². The van der Waals surface area contributed by atoms with Crippen molar-refractivity contribution in [2.75, 3.05) is 0 Å². The lowest BCUT2D eigenvalue weighted by atomic mass is 10.0. The summed E-state index contributed by atoms with van der Waals surface area (Å²) in [6.07, 6.45) is 5.42. The van der Waals surface area contributed by atoms with Gasteiger partial charge in [0.2, 0.25) is 0 Å². The number of hydrogen-bond acceptors (Lipinski definition) is 3. The van der Waals surface area contributed by atoms with Crippen molar-refractivity contribution in [2.45, 2.75) is 31.3 Å². The fourth-order valence-corrected chi connectivity index (χ4v) is 2.31. The van der Waals surface area contributed by atoms with Crippen LogP contribution in [0.3, 0.4) is 0 Å². The molecule has 1 aromatic heterocycles. The number of nitrogens with zero attached hydrogens (tertiary/aromatic N) is 2. The van der Waals surface area contributed by atoms with Gasteiger partial charge in [0.1, 0.15) is 0 Å². The maximum Gasteiger partial charge on any atom is 0.0694 e. The van der Waals surface area contributed by atoms with Crippen LogP contribution >= 0.6 is 0 Å². The second kappa shape index (κ2) is 2.26. The highest BCUT2D eigenvalue weighted by molar-refractivity contribution is 5.27. The zero-order chi connectivity index (χ0) is 7.97. The van der Waals surface area contributed by atoms with Crippen LogP contribution in [-0.2, 0) is 6.42 Å². The molecular weight excluding hydrogens is 150 g/mol. The van der Waals surface area contributed by atoms with E-state index in [1.54, 1.807) is 6.20 Å². The summed E-state index contributed by atoms with van der Waals surface area (Å²) >= 11 is 0. The van der Waals surface area contributed by atoms with Crippen LogP contribution in [0.1, 0.15) is 30.1 Å². The highest BCUT2D eigenvalue weighted by Gasteiger charge is 2.32. The van der Waals surface area contributed by atoms with Crippen molar-refractivity contribution in [3.8, 4) is 0 Å². The largest absolute Gasteiger partial charge is 0.307 e.